The highest BCUT2D eigenvalue weighted by atomic mass is 31.2. The molecule has 3 heterocycles. The molecule has 0 saturated carbocycles. The Kier molecular flexibility index (Phi) is 9.76. The van der Waals surface area contributed by atoms with Gasteiger partial charge in [0, 0.05) is 6.54 Å². The molecule has 1 aliphatic rings. The average molecular weight is 622 g/mol. The van der Waals surface area contributed by atoms with Crippen molar-refractivity contribution in [3.8, 4) is 5.88 Å². The highest BCUT2D eigenvalue weighted by Gasteiger charge is 2.54. The van der Waals surface area contributed by atoms with Crippen molar-refractivity contribution in [3.63, 3.8) is 0 Å². The van der Waals surface area contributed by atoms with E-state index < -0.39 is 50.3 Å². The second-order valence-electron chi connectivity index (χ2n) is 11.8. The number of nitrogens with two attached hydrogens (primary N) is 1. The molecule has 2 aromatic heterocycles. The number of esters is 1. The Labute approximate surface area is 249 Å². The predicted molar refractivity (Wildman–Crippen MR) is 157 cm³/mol. The maximum Gasteiger partial charge on any atom is 0.341 e. The molecule has 0 spiro atoms. The minimum absolute atomic E-state index is 0.0872. The third-order valence-corrected chi connectivity index (χ3v) is 8.54. The van der Waals surface area contributed by atoms with E-state index in [9.17, 15) is 19.6 Å². The summed E-state index contributed by atoms with van der Waals surface area (Å²) in [6.45, 7) is 8.57. The number of nitrogens with one attached hydrogen (secondary N) is 2. The van der Waals surface area contributed by atoms with E-state index in [1.807, 2.05) is 51.1 Å². The summed E-state index contributed by atoms with van der Waals surface area (Å²) in [5.74, 6) is -0.564. The summed E-state index contributed by atoms with van der Waals surface area (Å²) < 4.78 is 37.9. The van der Waals surface area contributed by atoms with Gasteiger partial charge in [-0.1, -0.05) is 51.1 Å². The number of benzene rings is 1. The van der Waals surface area contributed by atoms with Gasteiger partial charge in [-0.2, -0.15) is 9.97 Å². The van der Waals surface area contributed by atoms with Crippen molar-refractivity contribution < 1.29 is 38.3 Å². The predicted octanol–water partition coefficient (Wildman–Crippen LogP) is 1.91. The molecule has 236 valence electrons. The Morgan fingerprint density at radius 1 is 1.28 bits per heavy atom. The minimum Gasteiger partial charge on any atom is -0.479 e. The van der Waals surface area contributed by atoms with Crippen LogP contribution in [-0.4, -0.2) is 79.9 Å². The standard InChI is InChI=1S/C27H40N7O8P/c1-16(23(36)40-14-26(2,3)4)33-43(38,30-12-17-10-8-7-9-11-17)41-13-18-20(35)27(5,37)24(42-18)34-15-29-19-21(34)31-25(28)32-22(19)39-6/h7-11,15-16,18,20,24,35,37H,12-14H2,1-6H3,(H2,28,31,32)(H2,30,33,38)/t16-,18+,20+,24+,27+,43?/m0/s1. The van der Waals surface area contributed by atoms with Gasteiger partial charge in [0.05, 0.1) is 26.7 Å². The van der Waals surface area contributed by atoms with Crippen LogP contribution >= 0.6 is 7.67 Å². The molecule has 1 aliphatic heterocycles. The van der Waals surface area contributed by atoms with Crippen molar-refractivity contribution in [2.24, 2.45) is 5.41 Å². The first-order chi connectivity index (χ1) is 20.1. The third-order valence-electron chi connectivity index (χ3n) is 6.73. The van der Waals surface area contributed by atoms with Crippen molar-refractivity contribution in [1.29, 1.82) is 0 Å². The third kappa shape index (κ3) is 7.68. The van der Waals surface area contributed by atoms with Crippen LogP contribution in [0.5, 0.6) is 5.88 Å². The van der Waals surface area contributed by atoms with Crippen LogP contribution in [0.25, 0.3) is 11.2 Å². The first-order valence-corrected chi connectivity index (χ1v) is 15.3. The van der Waals surface area contributed by atoms with Crippen LogP contribution in [0, 0.1) is 5.41 Å². The second kappa shape index (κ2) is 12.8. The summed E-state index contributed by atoms with van der Waals surface area (Å²) in [5, 5.41) is 28.0. The van der Waals surface area contributed by atoms with Gasteiger partial charge in [-0.15, -0.1) is 0 Å². The van der Waals surface area contributed by atoms with E-state index in [1.54, 1.807) is 0 Å². The molecule has 16 heteroatoms. The smallest absolute Gasteiger partial charge is 0.341 e. The zero-order valence-corrected chi connectivity index (χ0v) is 25.9. The fourth-order valence-electron chi connectivity index (χ4n) is 4.42. The molecule has 15 nitrogen and oxygen atoms in total. The molecule has 43 heavy (non-hydrogen) atoms. The molecule has 0 amide bonds. The molecule has 1 fully saturated rings. The van der Waals surface area contributed by atoms with Crippen molar-refractivity contribution in [3.05, 3.63) is 42.2 Å². The number of nitrogen functional groups attached to an aromatic ring is 1. The molecule has 3 aromatic rings. The lowest BCUT2D eigenvalue weighted by Crippen LogP contribution is -2.45. The number of methoxy groups -OCH3 is 1. The van der Waals surface area contributed by atoms with Gasteiger partial charge in [-0.25, -0.2) is 15.2 Å². The number of carbonyl (C=O) groups excluding carboxylic acids is 1. The zero-order chi connectivity index (χ0) is 31.6. The van der Waals surface area contributed by atoms with Gasteiger partial charge in [0.1, 0.15) is 23.9 Å². The number of aromatic nitrogens is 4. The van der Waals surface area contributed by atoms with Gasteiger partial charge in [0.2, 0.25) is 11.8 Å². The van der Waals surface area contributed by atoms with Gasteiger partial charge in [-0.05, 0) is 24.8 Å². The molecule has 0 aliphatic carbocycles. The highest BCUT2D eigenvalue weighted by molar-refractivity contribution is 7.54. The Morgan fingerprint density at radius 2 is 1.98 bits per heavy atom. The number of nitrogens with zero attached hydrogens (tertiary/aromatic N) is 4. The lowest BCUT2D eigenvalue weighted by molar-refractivity contribution is -0.148. The van der Waals surface area contributed by atoms with Gasteiger partial charge in [0.15, 0.2) is 17.4 Å². The van der Waals surface area contributed by atoms with E-state index in [0.29, 0.717) is 0 Å². The molecule has 0 radical (unpaired) electrons. The number of imidazole rings is 1. The fraction of sp³-hybridized carbons (Fsp3) is 0.556. The summed E-state index contributed by atoms with van der Waals surface area (Å²) in [5.41, 5.74) is 5.02. The lowest BCUT2D eigenvalue weighted by Gasteiger charge is -2.27. The lowest BCUT2D eigenvalue weighted by atomic mass is 9.96. The molecule has 1 saturated heterocycles. The van der Waals surface area contributed by atoms with E-state index in [1.165, 1.54) is 31.9 Å². The monoisotopic (exact) mass is 621 g/mol. The zero-order valence-electron chi connectivity index (χ0n) is 25.1. The number of hydrogen-bond acceptors (Lipinski definition) is 12. The average Bonchev–Trinajstić information content (AvgIpc) is 3.46. The summed E-state index contributed by atoms with van der Waals surface area (Å²) in [7, 11) is -2.56. The van der Waals surface area contributed by atoms with Crippen LogP contribution in [0.2, 0.25) is 0 Å². The second-order valence-corrected chi connectivity index (χ2v) is 13.7. The van der Waals surface area contributed by atoms with Crippen molar-refractivity contribution in [2.75, 3.05) is 26.1 Å². The first kappa shape index (κ1) is 32.7. The van der Waals surface area contributed by atoms with Crippen LogP contribution in [0.4, 0.5) is 5.95 Å². The molecule has 6 atom stereocenters. The van der Waals surface area contributed by atoms with E-state index in [-0.39, 0.29) is 41.6 Å². The van der Waals surface area contributed by atoms with Crippen LogP contribution in [0.15, 0.2) is 36.7 Å². The maximum atomic E-state index is 14.0. The number of aliphatic hydroxyl groups is 2. The molecular formula is C27H40N7O8P. The van der Waals surface area contributed by atoms with Gasteiger partial charge in [-0.3, -0.25) is 13.9 Å². The number of anilines is 1. The van der Waals surface area contributed by atoms with Gasteiger partial charge >= 0.3 is 13.6 Å². The number of aliphatic hydroxyl groups excluding tert-OH is 1. The summed E-state index contributed by atoms with van der Waals surface area (Å²) >= 11 is 0. The van der Waals surface area contributed by atoms with E-state index in [0.717, 1.165) is 5.56 Å². The fourth-order valence-corrected chi connectivity index (χ4v) is 6.04. The number of hydrogen-bond donors (Lipinski definition) is 5. The Hall–Kier alpha value is -3.17. The largest absolute Gasteiger partial charge is 0.479 e. The Morgan fingerprint density at radius 3 is 2.63 bits per heavy atom. The Balaban J connectivity index is 1.52. The molecule has 6 N–H and O–H groups in total. The first-order valence-electron chi connectivity index (χ1n) is 13.7. The van der Waals surface area contributed by atoms with Gasteiger partial charge < -0.3 is 34.7 Å². The normalized spacial score (nSPS) is 24.5. The Bertz CT molecular complexity index is 1460. The van der Waals surface area contributed by atoms with E-state index >= 15 is 0 Å². The molecule has 4 rings (SSSR count). The van der Waals surface area contributed by atoms with E-state index in [2.05, 4.69) is 25.1 Å². The SMILES string of the molecule is COc1nc(N)nc2c1ncn2[C@@H]1O[C@H](COP(=O)(NCc2ccccc2)N[C@@H](C)C(=O)OCC(C)(C)C)[C@@H](O)[C@@]1(C)O. The van der Waals surface area contributed by atoms with Crippen molar-refractivity contribution in [2.45, 2.75) is 71.2 Å². The minimum atomic E-state index is -3.96. The van der Waals surface area contributed by atoms with Crippen LogP contribution in [0.3, 0.4) is 0 Å². The molecular weight excluding hydrogens is 581 g/mol. The van der Waals surface area contributed by atoms with Crippen molar-refractivity contribution >= 4 is 30.8 Å². The number of fused-ring (bicyclic) bond motifs is 1. The van der Waals surface area contributed by atoms with Crippen LogP contribution in [-0.2, 0) is 29.9 Å². The summed E-state index contributed by atoms with van der Waals surface area (Å²) in [6.07, 6.45) is -2.45. The van der Waals surface area contributed by atoms with Crippen LogP contribution in [0.1, 0.15) is 46.4 Å². The maximum absolute atomic E-state index is 14.0. The number of ether oxygens (including phenoxy) is 3. The quantitative estimate of drug-likeness (QED) is 0.145. The highest BCUT2D eigenvalue weighted by Crippen LogP contribution is 2.44. The van der Waals surface area contributed by atoms with Gasteiger partial charge in [0.25, 0.3) is 0 Å². The number of carbonyl (C=O) groups is 1. The molecule has 1 aromatic carbocycles. The molecule has 0 bridgehead atoms. The summed E-state index contributed by atoms with van der Waals surface area (Å²) in [6, 6.07) is 8.20. The van der Waals surface area contributed by atoms with E-state index in [4.69, 9.17) is 24.5 Å². The van der Waals surface area contributed by atoms with Crippen molar-refractivity contribution in [1.82, 2.24) is 29.7 Å². The van der Waals surface area contributed by atoms with Crippen LogP contribution < -0.4 is 20.6 Å². The number of rotatable bonds is 12. The molecule has 1 unspecified atom stereocenters. The topological polar surface area (TPSA) is 205 Å². The summed E-state index contributed by atoms with van der Waals surface area (Å²) in [4.78, 5) is 25.1.